The number of fused-ring (bicyclic) bond motifs is 1. The van der Waals surface area contributed by atoms with Crippen molar-refractivity contribution >= 4 is 11.7 Å². The molecule has 1 aromatic carbocycles. The van der Waals surface area contributed by atoms with Crippen LogP contribution in [0.25, 0.3) is 0 Å². The molecule has 0 fully saturated rings. The zero-order valence-corrected chi connectivity index (χ0v) is 12.0. The van der Waals surface area contributed by atoms with Gasteiger partial charge in [0.2, 0.25) is 0 Å². The summed E-state index contributed by atoms with van der Waals surface area (Å²) >= 11 is 0. The number of carboxylic acids is 1. The fourth-order valence-electron chi connectivity index (χ4n) is 2.98. The van der Waals surface area contributed by atoms with Crippen LogP contribution in [0.5, 0.6) is 0 Å². The van der Waals surface area contributed by atoms with Crippen LogP contribution in [-0.4, -0.2) is 22.6 Å². The fraction of sp³-hybridized carbons (Fsp3) is 0.294. The molecule has 1 atom stereocenters. The number of anilines is 1. The number of carbonyl (C=O) groups is 1. The highest BCUT2D eigenvalue weighted by Crippen LogP contribution is 2.38. The zero-order valence-electron chi connectivity index (χ0n) is 12.0. The lowest BCUT2D eigenvalue weighted by atomic mass is 9.98. The molecular weight excluding hydrogens is 264 g/mol. The van der Waals surface area contributed by atoms with Crippen LogP contribution in [-0.2, 0) is 11.3 Å². The number of aryl methyl sites for hydroxylation is 1. The Morgan fingerprint density at radius 3 is 2.90 bits per heavy atom. The topological polar surface area (TPSA) is 53.4 Å². The molecule has 0 bridgehead atoms. The average Bonchev–Trinajstić information content (AvgIpc) is 2.79. The van der Waals surface area contributed by atoms with Crippen LogP contribution in [0, 0.1) is 6.92 Å². The van der Waals surface area contributed by atoms with E-state index in [0.29, 0.717) is 0 Å². The van der Waals surface area contributed by atoms with Gasteiger partial charge in [-0.05, 0) is 30.2 Å². The molecule has 0 amide bonds. The minimum Gasteiger partial charge on any atom is -0.481 e. The second-order valence-electron chi connectivity index (χ2n) is 5.50. The summed E-state index contributed by atoms with van der Waals surface area (Å²) in [6.45, 7) is 3.51. The van der Waals surface area contributed by atoms with Crippen molar-refractivity contribution in [2.75, 3.05) is 11.4 Å². The molecule has 0 saturated heterocycles. The van der Waals surface area contributed by atoms with E-state index in [-0.39, 0.29) is 12.3 Å². The number of carboxylic acid groups (broad SMARTS) is 1. The summed E-state index contributed by atoms with van der Waals surface area (Å²) < 4.78 is 0. The molecule has 4 heteroatoms. The van der Waals surface area contributed by atoms with Gasteiger partial charge in [0.15, 0.2) is 0 Å². The third-order valence-electron chi connectivity index (χ3n) is 4.04. The average molecular weight is 282 g/mol. The Balaban J connectivity index is 1.88. The number of para-hydroxylation sites is 1. The van der Waals surface area contributed by atoms with Crippen molar-refractivity contribution in [2.24, 2.45) is 0 Å². The first kappa shape index (κ1) is 13.6. The van der Waals surface area contributed by atoms with Gasteiger partial charge < -0.3 is 10.0 Å². The molecule has 1 N–H and O–H groups in total. The van der Waals surface area contributed by atoms with Gasteiger partial charge in [-0.2, -0.15) is 0 Å². The van der Waals surface area contributed by atoms with Crippen LogP contribution >= 0.6 is 0 Å². The highest BCUT2D eigenvalue weighted by Gasteiger charge is 2.30. The normalized spacial score (nSPS) is 16.8. The molecule has 3 rings (SSSR count). The van der Waals surface area contributed by atoms with Crippen LogP contribution in [0.3, 0.4) is 0 Å². The van der Waals surface area contributed by atoms with E-state index >= 15 is 0 Å². The van der Waals surface area contributed by atoms with Gasteiger partial charge in [-0.25, -0.2) is 0 Å². The Bertz CT molecular complexity index is 669. The monoisotopic (exact) mass is 282 g/mol. The predicted octanol–water partition coefficient (Wildman–Crippen LogP) is 2.97. The van der Waals surface area contributed by atoms with Crippen molar-refractivity contribution < 1.29 is 9.90 Å². The molecule has 1 aliphatic heterocycles. The molecule has 2 aromatic rings. The molecule has 1 aliphatic rings. The molecule has 4 nitrogen and oxygen atoms in total. The Labute approximate surface area is 124 Å². The van der Waals surface area contributed by atoms with E-state index < -0.39 is 5.97 Å². The lowest BCUT2D eigenvalue weighted by molar-refractivity contribution is -0.137. The highest BCUT2D eigenvalue weighted by atomic mass is 16.4. The fourth-order valence-corrected chi connectivity index (χ4v) is 2.98. The van der Waals surface area contributed by atoms with Gasteiger partial charge in [-0.1, -0.05) is 24.3 Å². The van der Waals surface area contributed by atoms with Gasteiger partial charge in [0.05, 0.1) is 18.7 Å². The van der Waals surface area contributed by atoms with E-state index in [4.69, 9.17) is 5.11 Å². The lowest BCUT2D eigenvalue weighted by Gasteiger charge is -2.20. The van der Waals surface area contributed by atoms with Crippen LogP contribution in [0.1, 0.15) is 29.2 Å². The van der Waals surface area contributed by atoms with Gasteiger partial charge in [-0.15, -0.1) is 0 Å². The Morgan fingerprint density at radius 2 is 2.14 bits per heavy atom. The van der Waals surface area contributed by atoms with Gasteiger partial charge in [0, 0.05) is 24.3 Å². The molecule has 0 aliphatic carbocycles. The van der Waals surface area contributed by atoms with Crippen LogP contribution < -0.4 is 4.90 Å². The third kappa shape index (κ3) is 2.75. The van der Waals surface area contributed by atoms with Gasteiger partial charge >= 0.3 is 5.97 Å². The quantitative estimate of drug-likeness (QED) is 0.936. The van der Waals surface area contributed by atoms with Crippen molar-refractivity contribution in [1.29, 1.82) is 0 Å². The summed E-state index contributed by atoms with van der Waals surface area (Å²) in [5.74, 6) is -0.687. The number of rotatable bonds is 4. The number of benzene rings is 1. The SMILES string of the molecule is Cc1cccnc1CN1CC(CC(=O)O)c2ccccc21. The maximum atomic E-state index is 11.1. The summed E-state index contributed by atoms with van der Waals surface area (Å²) in [6.07, 6.45) is 1.98. The maximum absolute atomic E-state index is 11.1. The molecule has 0 spiro atoms. The second-order valence-corrected chi connectivity index (χ2v) is 5.50. The second kappa shape index (κ2) is 5.56. The molecule has 2 heterocycles. The smallest absolute Gasteiger partial charge is 0.304 e. The van der Waals surface area contributed by atoms with Crippen molar-refractivity contribution in [2.45, 2.75) is 25.8 Å². The summed E-state index contributed by atoms with van der Waals surface area (Å²) in [7, 11) is 0. The van der Waals surface area contributed by atoms with Gasteiger partial charge in [-0.3, -0.25) is 9.78 Å². The highest BCUT2D eigenvalue weighted by molar-refractivity contribution is 5.71. The number of nitrogens with zero attached hydrogens (tertiary/aromatic N) is 2. The molecule has 1 aromatic heterocycles. The van der Waals surface area contributed by atoms with Gasteiger partial charge in [0.1, 0.15) is 0 Å². The molecular formula is C17H18N2O2. The van der Waals surface area contributed by atoms with Crippen LogP contribution in [0.4, 0.5) is 5.69 Å². The van der Waals surface area contributed by atoms with Crippen LogP contribution in [0.2, 0.25) is 0 Å². The Morgan fingerprint density at radius 1 is 1.33 bits per heavy atom. The summed E-state index contributed by atoms with van der Waals surface area (Å²) in [4.78, 5) is 17.7. The minimum atomic E-state index is -0.745. The van der Waals surface area contributed by atoms with Crippen LogP contribution in [0.15, 0.2) is 42.6 Å². The number of aliphatic carboxylic acids is 1. The van der Waals surface area contributed by atoms with Crippen molar-refractivity contribution in [3.8, 4) is 0 Å². The van der Waals surface area contributed by atoms with E-state index in [1.54, 1.807) is 6.20 Å². The number of pyridine rings is 1. The van der Waals surface area contributed by atoms with E-state index in [1.165, 1.54) is 0 Å². The van der Waals surface area contributed by atoms with E-state index in [0.717, 1.165) is 35.6 Å². The largest absolute Gasteiger partial charge is 0.481 e. The summed E-state index contributed by atoms with van der Waals surface area (Å²) in [5.41, 5.74) is 4.47. The number of hydrogen-bond acceptors (Lipinski definition) is 3. The molecule has 0 saturated carbocycles. The maximum Gasteiger partial charge on any atom is 0.304 e. The first-order valence-corrected chi connectivity index (χ1v) is 7.11. The standard InChI is InChI=1S/C17H18N2O2/c1-12-5-4-8-18-15(12)11-19-10-13(9-17(20)21)14-6-2-3-7-16(14)19/h2-8,13H,9-11H2,1H3,(H,20,21). The van der Waals surface area contributed by atoms with Gasteiger partial charge in [0.25, 0.3) is 0 Å². The molecule has 1 unspecified atom stereocenters. The third-order valence-corrected chi connectivity index (χ3v) is 4.04. The first-order valence-electron chi connectivity index (χ1n) is 7.11. The van der Waals surface area contributed by atoms with Crippen molar-refractivity contribution in [1.82, 2.24) is 4.98 Å². The molecule has 21 heavy (non-hydrogen) atoms. The molecule has 108 valence electrons. The Hall–Kier alpha value is -2.36. The molecule has 0 radical (unpaired) electrons. The van der Waals surface area contributed by atoms with Crippen molar-refractivity contribution in [3.05, 3.63) is 59.4 Å². The zero-order chi connectivity index (χ0) is 14.8. The summed E-state index contributed by atoms with van der Waals surface area (Å²) in [6, 6.07) is 12.1. The summed E-state index contributed by atoms with van der Waals surface area (Å²) in [5, 5.41) is 9.09. The number of aromatic nitrogens is 1. The van der Waals surface area contributed by atoms with Crippen molar-refractivity contribution in [3.63, 3.8) is 0 Å². The van der Waals surface area contributed by atoms with E-state index in [9.17, 15) is 4.79 Å². The Kier molecular flexibility index (Phi) is 3.60. The van der Waals surface area contributed by atoms with E-state index in [2.05, 4.69) is 28.9 Å². The van der Waals surface area contributed by atoms with E-state index in [1.807, 2.05) is 24.3 Å². The first-order chi connectivity index (χ1) is 10.1. The lowest BCUT2D eigenvalue weighted by Crippen LogP contribution is -2.23. The minimum absolute atomic E-state index is 0.0581. The number of hydrogen-bond donors (Lipinski definition) is 1. The predicted molar refractivity (Wildman–Crippen MR) is 81.5 cm³/mol.